The van der Waals surface area contributed by atoms with Crippen molar-refractivity contribution in [1.29, 1.82) is 0 Å². The van der Waals surface area contributed by atoms with Gasteiger partial charge >= 0.3 is 0 Å². The second-order valence-electron chi connectivity index (χ2n) is 11.0. The summed E-state index contributed by atoms with van der Waals surface area (Å²) in [7, 11) is 0. The molecule has 4 aromatic heterocycles. The first-order chi connectivity index (χ1) is 23.3. The molecule has 0 radical (unpaired) electrons. The van der Waals surface area contributed by atoms with Crippen LogP contribution in [-0.2, 0) is 0 Å². The molecule has 0 amide bonds. The molecule has 4 aromatic carbocycles. The van der Waals surface area contributed by atoms with Crippen LogP contribution < -0.4 is 4.74 Å². The van der Waals surface area contributed by atoms with E-state index in [4.69, 9.17) is 27.9 Å². The van der Waals surface area contributed by atoms with Gasteiger partial charge < -0.3 is 9.84 Å². The van der Waals surface area contributed by atoms with Crippen LogP contribution in [-0.4, -0.2) is 50.9 Å². The summed E-state index contributed by atoms with van der Waals surface area (Å²) in [6.07, 6.45) is 3.64. The fourth-order valence-electron chi connectivity index (χ4n) is 5.39. The first-order valence-electron chi connectivity index (χ1n) is 15.1. The number of unbranched alkanes of at least 4 members (excludes halogenated alkanes) is 1. The Morgan fingerprint density at radius 2 is 1.62 bits per heavy atom. The second kappa shape index (κ2) is 13.0. The number of ether oxygens (including phenoxy) is 1. The molecule has 0 saturated heterocycles. The Hall–Kier alpha value is -5.39. The third-order valence-corrected chi connectivity index (χ3v) is 8.28. The molecule has 0 spiro atoms. The number of nitrogens with zero attached hydrogens (tertiary/aromatic N) is 8. The molecule has 0 bridgehead atoms. The molecule has 0 atom stereocenters. The molecule has 0 saturated carbocycles. The number of benzene rings is 4. The fourth-order valence-corrected chi connectivity index (χ4v) is 5.76. The van der Waals surface area contributed by atoms with Crippen LogP contribution in [0.2, 0.25) is 10.0 Å². The molecule has 4 heterocycles. The number of aryl methyl sites for hydroxylation is 1. The summed E-state index contributed by atoms with van der Waals surface area (Å²) in [6.45, 7) is 4.57. The molecular weight excluding hydrogens is 654 g/mol. The van der Waals surface area contributed by atoms with Gasteiger partial charge in [0, 0.05) is 10.6 Å². The number of fused-ring (bicyclic) bond motifs is 6. The first kappa shape index (κ1) is 31.2. The minimum atomic E-state index is -0.363. The van der Waals surface area contributed by atoms with E-state index in [1.807, 2.05) is 46.1 Å². The summed E-state index contributed by atoms with van der Waals surface area (Å²) in [5.41, 5.74) is 6.07. The molecule has 10 nitrogen and oxygen atoms in total. The van der Waals surface area contributed by atoms with Crippen LogP contribution in [0.15, 0.2) is 85.1 Å². The molecule has 8 rings (SSSR count). The Balaban J connectivity index is 0.000000152. The van der Waals surface area contributed by atoms with E-state index in [1.165, 1.54) is 12.1 Å². The van der Waals surface area contributed by atoms with E-state index in [1.54, 1.807) is 42.6 Å². The zero-order valence-corrected chi connectivity index (χ0v) is 27.3. The van der Waals surface area contributed by atoms with Crippen LogP contribution >= 0.6 is 23.2 Å². The molecule has 48 heavy (non-hydrogen) atoms. The van der Waals surface area contributed by atoms with Crippen LogP contribution in [0.1, 0.15) is 25.5 Å². The molecule has 0 aliphatic rings. The van der Waals surface area contributed by atoms with E-state index in [2.05, 4.69) is 37.3 Å². The smallest absolute Gasteiger partial charge is 0.183 e. The molecule has 0 fully saturated rings. The SMILES string of the molecule is CCCCOc1ccc(F)c(-c2nnc3cnc4ccccc4n23)c1.Cc1nc2ccc(Cl)cc2n2c(-c3cc(O)ccc3Cl)nnc12. The van der Waals surface area contributed by atoms with Gasteiger partial charge in [-0.3, -0.25) is 13.8 Å². The molecule has 1 N–H and O–H groups in total. The number of rotatable bonds is 6. The number of hydrogen-bond donors (Lipinski definition) is 1. The lowest BCUT2D eigenvalue weighted by molar-refractivity contribution is 0.309. The van der Waals surface area contributed by atoms with Crippen LogP contribution in [0.4, 0.5) is 4.39 Å². The van der Waals surface area contributed by atoms with Crippen LogP contribution in [0.3, 0.4) is 0 Å². The van der Waals surface area contributed by atoms with Gasteiger partial charge in [0.2, 0.25) is 0 Å². The standard InChI is InChI=1S/C19H17FN4O.C16H10Cl2N4O/c1-2-3-10-25-13-8-9-15(20)14(11-13)19-23-22-18-12-21-16-6-4-5-7-17(16)24(18)19;1-8-15-20-21-16(11-7-10(23)3-4-12(11)18)22(15)14-6-9(17)2-5-13(14)19-8/h4-9,11-12H,2-3,10H2,1H3;2-7,23H,1H3. The highest BCUT2D eigenvalue weighted by Gasteiger charge is 2.18. The van der Waals surface area contributed by atoms with Crippen molar-refractivity contribution in [2.75, 3.05) is 6.61 Å². The highest BCUT2D eigenvalue weighted by Crippen LogP contribution is 2.33. The average Bonchev–Trinajstić information content (AvgIpc) is 3.74. The van der Waals surface area contributed by atoms with Crippen LogP contribution in [0.5, 0.6) is 11.5 Å². The number of para-hydroxylation sites is 2. The lowest BCUT2D eigenvalue weighted by atomic mass is 10.2. The lowest BCUT2D eigenvalue weighted by Crippen LogP contribution is -1.99. The Labute approximate surface area is 283 Å². The Bertz CT molecular complexity index is 2460. The van der Waals surface area contributed by atoms with E-state index in [9.17, 15) is 9.50 Å². The molecular formula is C35H27Cl2FN8O2. The maximum absolute atomic E-state index is 14.5. The van der Waals surface area contributed by atoms with Gasteiger partial charge in [0.05, 0.1) is 51.2 Å². The zero-order valence-electron chi connectivity index (χ0n) is 25.8. The van der Waals surface area contributed by atoms with Crippen LogP contribution in [0, 0.1) is 12.7 Å². The average molecular weight is 682 g/mol. The largest absolute Gasteiger partial charge is 0.508 e. The minimum Gasteiger partial charge on any atom is -0.508 e. The normalized spacial score (nSPS) is 11.4. The summed E-state index contributed by atoms with van der Waals surface area (Å²) >= 11 is 12.4. The van der Waals surface area contributed by atoms with Crippen molar-refractivity contribution in [3.8, 4) is 34.3 Å². The number of hydrogen-bond acceptors (Lipinski definition) is 8. The Kier molecular flexibility index (Phi) is 8.47. The summed E-state index contributed by atoms with van der Waals surface area (Å²) in [4.78, 5) is 8.89. The van der Waals surface area contributed by atoms with Crippen molar-refractivity contribution in [3.05, 3.63) is 107 Å². The maximum Gasteiger partial charge on any atom is 0.183 e. The van der Waals surface area contributed by atoms with Gasteiger partial charge in [0.15, 0.2) is 22.9 Å². The highest BCUT2D eigenvalue weighted by molar-refractivity contribution is 6.33. The number of halogens is 3. The first-order valence-corrected chi connectivity index (χ1v) is 15.9. The van der Waals surface area contributed by atoms with Gasteiger partial charge in [-0.05, 0) is 80.1 Å². The second-order valence-corrected chi connectivity index (χ2v) is 11.8. The van der Waals surface area contributed by atoms with E-state index in [0.717, 1.165) is 40.6 Å². The summed E-state index contributed by atoms with van der Waals surface area (Å²) in [6, 6.07) is 22.5. The number of aromatic nitrogens is 8. The highest BCUT2D eigenvalue weighted by atomic mass is 35.5. The van der Waals surface area contributed by atoms with E-state index in [0.29, 0.717) is 56.5 Å². The maximum atomic E-state index is 14.5. The molecule has 0 aliphatic carbocycles. The van der Waals surface area contributed by atoms with Gasteiger partial charge in [0.25, 0.3) is 0 Å². The van der Waals surface area contributed by atoms with Gasteiger partial charge in [-0.1, -0.05) is 48.7 Å². The lowest BCUT2D eigenvalue weighted by Gasteiger charge is -2.09. The van der Waals surface area contributed by atoms with Crippen molar-refractivity contribution < 1.29 is 14.2 Å². The molecule has 0 unspecified atom stereocenters. The molecule has 0 aliphatic heterocycles. The van der Waals surface area contributed by atoms with Crippen molar-refractivity contribution >= 4 is 56.6 Å². The molecule has 240 valence electrons. The Morgan fingerprint density at radius 3 is 2.48 bits per heavy atom. The number of phenols is 1. The van der Waals surface area contributed by atoms with Crippen molar-refractivity contribution in [2.24, 2.45) is 0 Å². The minimum absolute atomic E-state index is 0.106. The van der Waals surface area contributed by atoms with Gasteiger partial charge in [-0.2, -0.15) is 0 Å². The molecule has 8 aromatic rings. The molecule has 13 heteroatoms. The van der Waals surface area contributed by atoms with E-state index < -0.39 is 0 Å². The topological polar surface area (TPSA) is 116 Å². The monoisotopic (exact) mass is 680 g/mol. The predicted octanol–water partition coefficient (Wildman–Crippen LogP) is 8.53. The predicted molar refractivity (Wildman–Crippen MR) is 184 cm³/mol. The van der Waals surface area contributed by atoms with Crippen LogP contribution in [0.25, 0.3) is 56.1 Å². The fraction of sp³-hybridized carbons (Fsp3) is 0.143. The van der Waals surface area contributed by atoms with E-state index >= 15 is 0 Å². The number of aromatic hydroxyl groups is 1. The van der Waals surface area contributed by atoms with Crippen molar-refractivity contribution in [3.63, 3.8) is 0 Å². The van der Waals surface area contributed by atoms with Gasteiger partial charge in [0.1, 0.15) is 17.3 Å². The zero-order chi connectivity index (χ0) is 33.4. The third-order valence-electron chi connectivity index (χ3n) is 7.72. The summed E-state index contributed by atoms with van der Waals surface area (Å²) < 4.78 is 23.9. The van der Waals surface area contributed by atoms with Crippen molar-refractivity contribution in [2.45, 2.75) is 26.7 Å². The van der Waals surface area contributed by atoms with Crippen molar-refractivity contribution in [1.82, 2.24) is 39.2 Å². The van der Waals surface area contributed by atoms with Gasteiger partial charge in [-0.15, -0.1) is 20.4 Å². The third kappa shape index (κ3) is 5.82. The van der Waals surface area contributed by atoms with Gasteiger partial charge in [-0.25, -0.2) is 9.37 Å². The number of phenolic OH excluding ortho intramolecular Hbond substituents is 1. The quantitative estimate of drug-likeness (QED) is 0.174. The summed E-state index contributed by atoms with van der Waals surface area (Å²) in [5, 5.41) is 27.6. The van der Waals surface area contributed by atoms with E-state index in [-0.39, 0.29) is 11.6 Å². The summed E-state index contributed by atoms with van der Waals surface area (Å²) in [5.74, 6) is 1.33. The Morgan fingerprint density at radius 1 is 0.812 bits per heavy atom.